The highest BCUT2D eigenvalue weighted by molar-refractivity contribution is 5.93. The molecule has 2 aliphatic heterocycles. The third-order valence-corrected chi connectivity index (χ3v) is 8.07. The van der Waals surface area contributed by atoms with Gasteiger partial charge in [0.1, 0.15) is 18.1 Å². The number of piperidine rings is 1. The van der Waals surface area contributed by atoms with Crippen molar-refractivity contribution >= 4 is 11.8 Å². The van der Waals surface area contributed by atoms with Gasteiger partial charge in [-0.3, -0.25) is 9.59 Å². The highest BCUT2D eigenvalue weighted by Crippen LogP contribution is 2.38. The van der Waals surface area contributed by atoms with Gasteiger partial charge in [0.05, 0.1) is 29.9 Å². The van der Waals surface area contributed by atoms with Gasteiger partial charge in [0.15, 0.2) is 5.69 Å². The minimum absolute atomic E-state index is 0.0692. The predicted molar refractivity (Wildman–Crippen MR) is 147 cm³/mol. The predicted octanol–water partition coefficient (Wildman–Crippen LogP) is 4.12. The van der Waals surface area contributed by atoms with E-state index >= 15 is 0 Å². The molecule has 1 spiro atoms. The molecular formula is C30H37N5O4. The van der Waals surface area contributed by atoms with Gasteiger partial charge in [-0.2, -0.15) is 0 Å². The molecule has 39 heavy (non-hydrogen) atoms. The van der Waals surface area contributed by atoms with Crippen molar-refractivity contribution in [3.63, 3.8) is 0 Å². The molecule has 2 amide bonds. The molecule has 0 aliphatic carbocycles. The first kappa shape index (κ1) is 26.7. The number of methoxy groups -OCH3 is 1. The standard InChI is InChI=1S/C30H37N5O4/c1-21-20-39-26-13-5-4-9-23(26)10-6-7-14-30(29(37)31-21)15-17-34(18-16-30)28(36)27-22(2)35(33-32-27)24-11-8-12-25(19-24)38-3/h4-5,8-9,11-13,19,21H,6-7,10,14-18,20H2,1-3H3,(H,31,37)/t21-/m0/s1. The van der Waals surface area contributed by atoms with E-state index in [1.807, 2.05) is 61.2 Å². The molecule has 0 radical (unpaired) electrons. The van der Waals surface area contributed by atoms with Crippen LogP contribution in [0, 0.1) is 12.3 Å². The number of hydrogen-bond donors (Lipinski definition) is 1. The van der Waals surface area contributed by atoms with Crippen LogP contribution < -0.4 is 14.8 Å². The second kappa shape index (κ2) is 11.5. The molecule has 5 rings (SSSR count). The zero-order valence-corrected chi connectivity index (χ0v) is 23.0. The molecule has 0 bridgehead atoms. The van der Waals surface area contributed by atoms with Crippen LogP contribution in [-0.2, 0) is 11.2 Å². The first-order valence-electron chi connectivity index (χ1n) is 13.8. The monoisotopic (exact) mass is 531 g/mol. The summed E-state index contributed by atoms with van der Waals surface area (Å²) in [4.78, 5) is 28.9. The van der Waals surface area contributed by atoms with Gasteiger partial charge in [0.25, 0.3) is 5.91 Å². The van der Waals surface area contributed by atoms with Crippen LogP contribution in [0.3, 0.4) is 0 Å². The van der Waals surface area contributed by atoms with Crippen LogP contribution in [-0.4, -0.2) is 64.6 Å². The summed E-state index contributed by atoms with van der Waals surface area (Å²) < 4.78 is 13.0. The Morgan fingerprint density at radius 2 is 1.90 bits per heavy atom. The molecule has 3 aromatic rings. The van der Waals surface area contributed by atoms with E-state index in [0.29, 0.717) is 49.7 Å². The van der Waals surface area contributed by atoms with Crippen LogP contribution in [0.15, 0.2) is 48.5 Å². The summed E-state index contributed by atoms with van der Waals surface area (Å²) in [5, 5.41) is 11.7. The number of para-hydroxylation sites is 1. The van der Waals surface area contributed by atoms with E-state index in [1.54, 1.807) is 11.8 Å². The fourth-order valence-electron chi connectivity index (χ4n) is 5.66. The minimum atomic E-state index is -0.489. The van der Waals surface area contributed by atoms with Crippen LogP contribution in [0.1, 0.15) is 60.8 Å². The Morgan fingerprint density at radius 1 is 1.10 bits per heavy atom. The molecule has 1 N–H and O–H groups in total. The van der Waals surface area contributed by atoms with E-state index in [4.69, 9.17) is 9.47 Å². The lowest BCUT2D eigenvalue weighted by Crippen LogP contribution is -2.52. The van der Waals surface area contributed by atoms with E-state index in [-0.39, 0.29) is 17.9 Å². The van der Waals surface area contributed by atoms with Crippen molar-refractivity contribution in [1.82, 2.24) is 25.2 Å². The number of aryl methyl sites for hydroxylation is 1. The molecule has 2 aliphatic rings. The Bertz CT molecular complexity index is 1330. The smallest absolute Gasteiger partial charge is 0.276 e. The van der Waals surface area contributed by atoms with Crippen LogP contribution in [0.4, 0.5) is 0 Å². The van der Waals surface area contributed by atoms with Crippen molar-refractivity contribution in [1.29, 1.82) is 0 Å². The quantitative estimate of drug-likeness (QED) is 0.546. The molecule has 0 unspecified atom stereocenters. The Kier molecular flexibility index (Phi) is 7.86. The van der Waals surface area contributed by atoms with Gasteiger partial charge in [0, 0.05) is 19.2 Å². The van der Waals surface area contributed by atoms with Crippen LogP contribution in [0.2, 0.25) is 0 Å². The molecule has 2 aromatic carbocycles. The number of nitrogens with one attached hydrogen (secondary N) is 1. The van der Waals surface area contributed by atoms with Crippen LogP contribution in [0.25, 0.3) is 5.69 Å². The number of nitrogens with zero attached hydrogens (tertiary/aromatic N) is 4. The van der Waals surface area contributed by atoms with Crippen molar-refractivity contribution in [3.8, 4) is 17.2 Å². The number of likely N-dealkylation sites (tertiary alicyclic amines) is 1. The molecule has 9 heteroatoms. The van der Waals surface area contributed by atoms with Gasteiger partial charge >= 0.3 is 0 Å². The average Bonchev–Trinajstić information content (AvgIpc) is 3.35. The number of hydrogen-bond acceptors (Lipinski definition) is 6. The number of fused-ring (bicyclic) bond motifs is 1. The van der Waals surface area contributed by atoms with Gasteiger partial charge < -0.3 is 19.7 Å². The number of carbonyl (C=O) groups is 2. The summed E-state index contributed by atoms with van der Waals surface area (Å²) in [6.45, 7) is 5.26. The van der Waals surface area contributed by atoms with Gasteiger partial charge in [-0.15, -0.1) is 5.10 Å². The van der Waals surface area contributed by atoms with E-state index < -0.39 is 5.41 Å². The maximum atomic E-state index is 13.6. The summed E-state index contributed by atoms with van der Waals surface area (Å²) in [6.07, 6.45) is 4.91. The molecule has 1 atom stereocenters. The lowest BCUT2D eigenvalue weighted by atomic mass is 9.73. The van der Waals surface area contributed by atoms with Crippen molar-refractivity contribution in [2.75, 3.05) is 26.8 Å². The topological polar surface area (TPSA) is 98.6 Å². The molecule has 9 nitrogen and oxygen atoms in total. The Balaban J connectivity index is 1.28. The fraction of sp³-hybridized carbons (Fsp3) is 0.467. The normalized spacial score (nSPS) is 19.7. The second-order valence-corrected chi connectivity index (χ2v) is 10.7. The Hall–Kier alpha value is -3.88. The highest BCUT2D eigenvalue weighted by Gasteiger charge is 2.42. The summed E-state index contributed by atoms with van der Waals surface area (Å²) in [6, 6.07) is 15.5. The van der Waals surface area contributed by atoms with Crippen LogP contribution in [0.5, 0.6) is 11.5 Å². The number of aromatic nitrogens is 3. The van der Waals surface area contributed by atoms with Gasteiger partial charge in [-0.25, -0.2) is 4.68 Å². The molecular weight excluding hydrogens is 494 g/mol. The Labute approximate surface area is 229 Å². The number of rotatable bonds is 3. The molecule has 3 heterocycles. The van der Waals surface area contributed by atoms with Gasteiger partial charge in [0.2, 0.25) is 5.91 Å². The fourth-order valence-corrected chi connectivity index (χ4v) is 5.66. The maximum absolute atomic E-state index is 13.6. The summed E-state index contributed by atoms with van der Waals surface area (Å²) in [5.41, 5.74) is 2.51. The first-order valence-corrected chi connectivity index (χ1v) is 13.8. The van der Waals surface area contributed by atoms with Crippen molar-refractivity contribution in [2.24, 2.45) is 5.41 Å². The van der Waals surface area contributed by atoms with Crippen molar-refractivity contribution in [3.05, 3.63) is 65.5 Å². The first-order chi connectivity index (χ1) is 18.9. The summed E-state index contributed by atoms with van der Waals surface area (Å²) in [5.74, 6) is 1.53. The Morgan fingerprint density at radius 3 is 2.69 bits per heavy atom. The summed E-state index contributed by atoms with van der Waals surface area (Å²) in [7, 11) is 1.61. The third kappa shape index (κ3) is 5.62. The number of benzene rings is 2. The van der Waals surface area contributed by atoms with Gasteiger partial charge in [-0.1, -0.05) is 35.9 Å². The third-order valence-electron chi connectivity index (χ3n) is 8.07. The average molecular weight is 532 g/mol. The minimum Gasteiger partial charge on any atom is -0.497 e. The molecule has 0 saturated carbocycles. The van der Waals surface area contributed by atoms with Crippen molar-refractivity contribution < 1.29 is 19.1 Å². The molecule has 1 fully saturated rings. The second-order valence-electron chi connectivity index (χ2n) is 10.7. The molecule has 206 valence electrons. The van der Waals surface area contributed by atoms with Crippen molar-refractivity contribution in [2.45, 2.75) is 58.4 Å². The SMILES string of the molecule is COc1cccc(-n2nnc(C(=O)N3CCC4(CCCCc5ccccc5OC[C@H](C)NC4=O)CC3)c2C)c1. The largest absolute Gasteiger partial charge is 0.497 e. The van der Waals surface area contributed by atoms with E-state index in [9.17, 15) is 9.59 Å². The van der Waals surface area contributed by atoms with E-state index in [2.05, 4.69) is 21.7 Å². The zero-order valence-electron chi connectivity index (χ0n) is 23.0. The van der Waals surface area contributed by atoms with E-state index in [0.717, 1.165) is 37.1 Å². The van der Waals surface area contributed by atoms with E-state index in [1.165, 1.54) is 5.56 Å². The number of carbonyl (C=O) groups excluding carboxylic acids is 2. The van der Waals surface area contributed by atoms with Gasteiger partial charge in [-0.05, 0) is 69.7 Å². The van der Waals surface area contributed by atoms with Crippen LogP contribution >= 0.6 is 0 Å². The highest BCUT2D eigenvalue weighted by atomic mass is 16.5. The number of amides is 2. The summed E-state index contributed by atoms with van der Waals surface area (Å²) >= 11 is 0. The maximum Gasteiger partial charge on any atom is 0.276 e. The number of ether oxygens (including phenoxy) is 2. The lowest BCUT2D eigenvalue weighted by molar-refractivity contribution is -0.135. The zero-order chi connectivity index (χ0) is 27.4. The molecule has 1 aromatic heterocycles. The molecule has 1 saturated heterocycles. The lowest BCUT2D eigenvalue weighted by Gasteiger charge is -2.41.